The van der Waals surface area contributed by atoms with E-state index in [2.05, 4.69) is 41.5 Å². The third-order valence-corrected chi connectivity index (χ3v) is 3.83. The maximum atomic E-state index is 12.4. The molecule has 0 radical (unpaired) electrons. The molecular formula is C18H14BrN5O2. The predicted molar refractivity (Wildman–Crippen MR) is 101 cm³/mol. The summed E-state index contributed by atoms with van der Waals surface area (Å²) < 4.78 is 0.820. The van der Waals surface area contributed by atoms with Crippen LogP contribution in [-0.4, -0.2) is 26.8 Å². The maximum Gasteiger partial charge on any atom is 0.274 e. The summed E-state index contributed by atoms with van der Waals surface area (Å²) in [6, 6.07) is 11.6. The van der Waals surface area contributed by atoms with Gasteiger partial charge in [0.15, 0.2) is 0 Å². The van der Waals surface area contributed by atoms with Gasteiger partial charge in [0.25, 0.3) is 11.8 Å². The highest BCUT2D eigenvalue weighted by atomic mass is 79.9. The standard InChI is InChI=1S/C18H14BrN5O2/c1-11-20-8-7-15(22-11)18(26)23-14-4-2-3-12(9-14)17(25)24-16-6-5-13(19)10-21-16/h2-10H,1H3,(H,23,26)(H,21,24,25). The first kappa shape index (κ1) is 17.7. The van der Waals surface area contributed by atoms with Crippen molar-refractivity contribution in [1.29, 1.82) is 0 Å². The van der Waals surface area contributed by atoms with Crippen LogP contribution in [0.2, 0.25) is 0 Å². The van der Waals surface area contributed by atoms with E-state index in [0.717, 1.165) is 4.47 Å². The fourth-order valence-electron chi connectivity index (χ4n) is 2.15. The van der Waals surface area contributed by atoms with Crippen LogP contribution in [0.25, 0.3) is 0 Å². The molecule has 0 atom stereocenters. The number of carbonyl (C=O) groups is 2. The Bertz CT molecular complexity index is 960. The molecule has 0 bridgehead atoms. The molecule has 0 saturated heterocycles. The lowest BCUT2D eigenvalue weighted by Crippen LogP contribution is -2.16. The number of halogens is 1. The first-order valence-electron chi connectivity index (χ1n) is 7.65. The van der Waals surface area contributed by atoms with Crippen molar-refractivity contribution >= 4 is 39.2 Å². The van der Waals surface area contributed by atoms with Crippen LogP contribution >= 0.6 is 15.9 Å². The predicted octanol–water partition coefficient (Wildman–Crippen LogP) is 3.45. The van der Waals surface area contributed by atoms with Gasteiger partial charge in [-0.15, -0.1) is 0 Å². The van der Waals surface area contributed by atoms with Crippen LogP contribution in [0.15, 0.2) is 59.3 Å². The summed E-state index contributed by atoms with van der Waals surface area (Å²) >= 11 is 3.29. The van der Waals surface area contributed by atoms with Gasteiger partial charge in [-0.05, 0) is 59.3 Å². The first-order chi connectivity index (χ1) is 12.5. The second-order valence-electron chi connectivity index (χ2n) is 5.34. The fraction of sp³-hybridized carbons (Fsp3) is 0.0556. The molecule has 0 fully saturated rings. The summed E-state index contributed by atoms with van der Waals surface area (Å²) in [5, 5.41) is 5.42. The summed E-state index contributed by atoms with van der Waals surface area (Å²) in [6.07, 6.45) is 3.11. The molecule has 0 unspecified atom stereocenters. The zero-order valence-electron chi connectivity index (χ0n) is 13.7. The average Bonchev–Trinajstić information content (AvgIpc) is 2.64. The van der Waals surface area contributed by atoms with Crippen LogP contribution in [0.5, 0.6) is 0 Å². The van der Waals surface area contributed by atoms with Crippen LogP contribution in [0.4, 0.5) is 11.5 Å². The van der Waals surface area contributed by atoms with E-state index in [1.165, 1.54) is 12.3 Å². The second kappa shape index (κ2) is 7.83. The largest absolute Gasteiger partial charge is 0.321 e. The number of hydrogen-bond donors (Lipinski definition) is 2. The van der Waals surface area contributed by atoms with E-state index < -0.39 is 0 Å². The number of nitrogens with zero attached hydrogens (tertiary/aromatic N) is 3. The third-order valence-electron chi connectivity index (χ3n) is 3.36. The van der Waals surface area contributed by atoms with E-state index in [0.29, 0.717) is 22.9 Å². The molecule has 3 aromatic rings. The van der Waals surface area contributed by atoms with Crippen LogP contribution in [0.1, 0.15) is 26.7 Å². The molecule has 0 saturated carbocycles. The van der Waals surface area contributed by atoms with Crippen molar-refractivity contribution in [2.75, 3.05) is 10.6 Å². The van der Waals surface area contributed by atoms with Gasteiger partial charge >= 0.3 is 0 Å². The normalized spacial score (nSPS) is 10.2. The second-order valence-corrected chi connectivity index (χ2v) is 6.26. The third kappa shape index (κ3) is 4.48. The minimum atomic E-state index is -0.373. The monoisotopic (exact) mass is 411 g/mol. The molecule has 7 nitrogen and oxygen atoms in total. The number of hydrogen-bond acceptors (Lipinski definition) is 5. The van der Waals surface area contributed by atoms with Crippen molar-refractivity contribution in [3.05, 3.63) is 76.4 Å². The molecule has 1 aromatic carbocycles. The van der Waals surface area contributed by atoms with E-state index in [1.54, 1.807) is 49.5 Å². The molecule has 0 spiro atoms. The number of nitrogens with one attached hydrogen (secondary N) is 2. The molecule has 130 valence electrons. The molecule has 0 aliphatic heterocycles. The highest BCUT2D eigenvalue weighted by Crippen LogP contribution is 2.15. The average molecular weight is 412 g/mol. The number of aromatic nitrogens is 3. The lowest BCUT2D eigenvalue weighted by molar-refractivity contribution is 0.101. The SMILES string of the molecule is Cc1nccc(C(=O)Nc2cccc(C(=O)Nc3ccc(Br)cn3)c2)n1. The summed E-state index contributed by atoms with van der Waals surface area (Å²) in [4.78, 5) is 36.7. The molecule has 0 aliphatic carbocycles. The van der Waals surface area contributed by atoms with E-state index in [1.807, 2.05) is 0 Å². The van der Waals surface area contributed by atoms with Gasteiger partial charge in [-0.2, -0.15) is 0 Å². The topological polar surface area (TPSA) is 96.9 Å². The lowest BCUT2D eigenvalue weighted by Gasteiger charge is -2.08. The molecule has 2 amide bonds. The fourth-order valence-corrected chi connectivity index (χ4v) is 2.39. The van der Waals surface area contributed by atoms with Gasteiger partial charge in [-0.3, -0.25) is 9.59 Å². The minimum absolute atomic E-state index is 0.256. The number of pyridine rings is 1. The number of aryl methyl sites for hydroxylation is 1. The van der Waals surface area contributed by atoms with Gasteiger partial charge in [0.1, 0.15) is 17.3 Å². The van der Waals surface area contributed by atoms with Gasteiger partial charge in [0, 0.05) is 28.1 Å². The molecule has 2 heterocycles. The zero-order chi connectivity index (χ0) is 18.5. The van der Waals surface area contributed by atoms with Crippen LogP contribution < -0.4 is 10.6 Å². The Morgan fingerprint density at radius 1 is 1.00 bits per heavy atom. The Balaban J connectivity index is 1.72. The number of benzene rings is 1. The lowest BCUT2D eigenvalue weighted by atomic mass is 10.2. The highest BCUT2D eigenvalue weighted by molar-refractivity contribution is 9.10. The quantitative estimate of drug-likeness (QED) is 0.684. The molecule has 3 rings (SSSR count). The van der Waals surface area contributed by atoms with Crippen molar-refractivity contribution < 1.29 is 9.59 Å². The molecule has 8 heteroatoms. The van der Waals surface area contributed by atoms with Crippen LogP contribution in [0, 0.1) is 6.92 Å². The van der Waals surface area contributed by atoms with Crippen molar-refractivity contribution in [3.8, 4) is 0 Å². The molecule has 2 aromatic heterocycles. The van der Waals surface area contributed by atoms with Gasteiger partial charge in [0.2, 0.25) is 0 Å². The number of anilines is 2. The minimum Gasteiger partial charge on any atom is -0.321 e. The van der Waals surface area contributed by atoms with Crippen LogP contribution in [-0.2, 0) is 0 Å². The Hall–Kier alpha value is -3.13. The van der Waals surface area contributed by atoms with Crippen molar-refractivity contribution in [2.24, 2.45) is 0 Å². The zero-order valence-corrected chi connectivity index (χ0v) is 15.3. The van der Waals surface area contributed by atoms with E-state index in [4.69, 9.17) is 0 Å². The van der Waals surface area contributed by atoms with E-state index >= 15 is 0 Å². The smallest absolute Gasteiger partial charge is 0.274 e. The molecule has 26 heavy (non-hydrogen) atoms. The maximum absolute atomic E-state index is 12.4. The van der Waals surface area contributed by atoms with E-state index in [-0.39, 0.29) is 17.5 Å². The Labute approximate surface area is 158 Å². The Kier molecular flexibility index (Phi) is 5.33. The van der Waals surface area contributed by atoms with Crippen molar-refractivity contribution in [2.45, 2.75) is 6.92 Å². The van der Waals surface area contributed by atoms with Gasteiger partial charge < -0.3 is 10.6 Å². The van der Waals surface area contributed by atoms with Crippen LogP contribution in [0.3, 0.4) is 0 Å². The number of amides is 2. The van der Waals surface area contributed by atoms with Crippen molar-refractivity contribution in [3.63, 3.8) is 0 Å². The number of rotatable bonds is 4. The first-order valence-corrected chi connectivity index (χ1v) is 8.44. The Morgan fingerprint density at radius 2 is 1.85 bits per heavy atom. The molecule has 0 aliphatic rings. The summed E-state index contributed by atoms with van der Waals surface area (Å²) in [7, 11) is 0. The van der Waals surface area contributed by atoms with Crippen molar-refractivity contribution in [1.82, 2.24) is 15.0 Å². The molecule has 2 N–H and O–H groups in total. The van der Waals surface area contributed by atoms with Gasteiger partial charge in [-0.25, -0.2) is 15.0 Å². The highest BCUT2D eigenvalue weighted by Gasteiger charge is 2.11. The Morgan fingerprint density at radius 3 is 2.58 bits per heavy atom. The van der Waals surface area contributed by atoms with E-state index in [9.17, 15) is 9.59 Å². The summed E-state index contributed by atoms with van der Waals surface area (Å²) in [6.45, 7) is 1.71. The molecular weight excluding hydrogens is 398 g/mol. The van der Waals surface area contributed by atoms with Gasteiger partial charge in [0.05, 0.1) is 0 Å². The summed E-state index contributed by atoms with van der Waals surface area (Å²) in [5.41, 5.74) is 1.14. The summed E-state index contributed by atoms with van der Waals surface area (Å²) in [5.74, 6) is 0.244. The van der Waals surface area contributed by atoms with Gasteiger partial charge in [-0.1, -0.05) is 6.07 Å². The number of carbonyl (C=O) groups excluding carboxylic acids is 2.